The van der Waals surface area contributed by atoms with Crippen LogP contribution >= 0.6 is 11.6 Å². The Hall–Kier alpha value is -1.16. The highest BCUT2D eigenvalue weighted by molar-refractivity contribution is 6.69. The molecular formula is C8H11ClN2O2. The van der Waals surface area contributed by atoms with Crippen molar-refractivity contribution in [2.75, 3.05) is 13.7 Å². The van der Waals surface area contributed by atoms with Gasteiger partial charge in [0.1, 0.15) is 5.17 Å². The summed E-state index contributed by atoms with van der Waals surface area (Å²) in [6.45, 7) is 5.36. The van der Waals surface area contributed by atoms with Gasteiger partial charge in [-0.1, -0.05) is 18.2 Å². The molecular weight excluding hydrogens is 192 g/mol. The number of esters is 1. The third kappa shape index (κ3) is 4.42. The molecule has 0 fully saturated rings. The van der Waals surface area contributed by atoms with Gasteiger partial charge in [-0.2, -0.15) is 0 Å². The molecule has 0 aliphatic heterocycles. The zero-order valence-corrected chi connectivity index (χ0v) is 8.34. The maximum Gasteiger partial charge on any atom is 0.376 e. The number of halogens is 1. The highest BCUT2D eigenvalue weighted by atomic mass is 35.5. The average Bonchev–Trinajstić information content (AvgIpc) is 2.14. The fraction of sp³-hybridized carbons (Fsp3) is 0.375. The van der Waals surface area contributed by atoms with Gasteiger partial charge in [-0.25, -0.2) is 9.79 Å². The summed E-state index contributed by atoms with van der Waals surface area (Å²) in [5, 5.41) is 0.105. The van der Waals surface area contributed by atoms with Crippen molar-refractivity contribution in [3.05, 3.63) is 12.7 Å². The van der Waals surface area contributed by atoms with E-state index in [0.717, 1.165) is 0 Å². The molecule has 0 heterocycles. The number of ether oxygens (including phenoxy) is 1. The van der Waals surface area contributed by atoms with E-state index in [-0.39, 0.29) is 17.6 Å². The summed E-state index contributed by atoms with van der Waals surface area (Å²) in [5.41, 5.74) is 0. The van der Waals surface area contributed by atoms with Crippen molar-refractivity contribution in [3.63, 3.8) is 0 Å². The second-order valence-corrected chi connectivity index (χ2v) is 2.29. The number of hydrogen-bond donors (Lipinski definition) is 0. The molecule has 72 valence electrons. The van der Waals surface area contributed by atoms with Crippen LogP contribution in [0.5, 0.6) is 0 Å². The van der Waals surface area contributed by atoms with E-state index in [2.05, 4.69) is 21.3 Å². The Morgan fingerprint density at radius 2 is 2.31 bits per heavy atom. The summed E-state index contributed by atoms with van der Waals surface area (Å²) in [4.78, 5) is 18.4. The van der Waals surface area contributed by atoms with Crippen LogP contribution in [-0.2, 0) is 9.53 Å². The van der Waals surface area contributed by atoms with E-state index >= 15 is 0 Å². The predicted molar refractivity (Wildman–Crippen MR) is 53.5 cm³/mol. The number of carbonyl (C=O) groups excluding carboxylic acids is 1. The summed E-state index contributed by atoms with van der Waals surface area (Å²) >= 11 is 5.53. The molecule has 0 N–H and O–H groups in total. The first-order valence-corrected chi connectivity index (χ1v) is 4.04. The Morgan fingerprint density at radius 1 is 1.69 bits per heavy atom. The molecule has 0 radical (unpaired) electrons. The Kier molecular flexibility index (Phi) is 5.80. The van der Waals surface area contributed by atoms with Gasteiger partial charge < -0.3 is 4.74 Å². The summed E-state index contributed by atoms with van der Waals surface area (Å²) < 4.78 is 4.67. The number of amidine groups is 1. The van der Waals surface area contributed by atoms with Crippen LogP contribution in [0.4, 0.5) is 0 Å². The SMILES string of the molecule is C=CC(Cl)=NC(=NC)C(=O)OCC. The van der Waals surface area contributed by atoms with Gasteiger partial charge in [0.2, 0.25) is 5.84 Å². The van der Waals surface area contributed by atoms with Gasteiger partial charge in [0.15, 0.2) is 0 Å². The number of rotatable bonds is 2. The quantitative estimate of drug-likeness (QED) is 0.386. The molecule has 0 saturated carbocycles. The summed E-state index contributed by atoms with van der Waals surface area (Å²) in [5.74, 6) is -0.656. The van der Waals surface area contributed by atoms with Crippen LogP contribution in [0.3, 0.4) is 0 Å². The fourth-order valence-corrected chi connectivity index (χ4v) is 0.609. The molecule has 0 amide bonds. The van der Waals surface area contributed by atoms with Crippen molar-refractivity contribution in [3.8, 4) is 0 Å². The van der Waals surface area contributed by atoms with Crippen LogP contribution < -0.4 is 0 Å². The molecule has 5 heteroatoms. The monoisotopic (exact) mass is 202 g/mol. The van der Waals surface area contributed by atoms with E-state index in [1.165, 1.54) is 13.1 Å². The zero-order valence-electron chi connectivity index (χ0n) is 7.58. The topological polar surface area (TPSA) is 51.0 Å². The van der Waals surface area contributed by atoms with E-state index < -0.39 is 5.97 Å². The van der Waals surface area contributed by atoms with Gasteiger partial charge in [0, 0.05) is 7.05 Å². The van der Waals surface area contributed by atoms with E-state index in [9.17, 15) is 4.79 Å². The Bertz CT molecular complexity index is 259. The van der Waals surface area contributed by atoms with Crippen molar-refractivity contribution >= 4 is 28.6 Å². The predicted octanol–water partition coefficient (Wildman–Crippen LogP) is 1.40. The molecule has 0 unspecified atom stereocenters. The summed E-state index contributed by atoms with van der Waals surface area (Å²) in [7, 11) is 1.43. The molecule has 0 bridgehead atoms. The Balaban J connectivity index is 4.54. The second kappa shape index (κ2) is 6.37. The van der Waals surface area contributed by atoms with Crippen molar-refractivity contribution in [2.45, 2.75) is 6.92 Å². The second-order valence-electron chi connectivity index (χ2n) is 1.91. The highest BCUT2D eigenvalue weighted by Gasteiger charge is 2.10. The lowest BCUT2D eigenvalue weighted by Crippen LogP contribution is -2.16. The minimum atomic E-state index is -0.593. The third-order valence-electron chi connectivity index (χ3n) is 1.05. The van der Waals surface area contributed by atoms with Gasteiger partial charge in [-0.3, -0.25) is 4.99 Å². The van der Waals surface area contributed by atoms with Crippen molar-refractivity contribution in [2.24, 2.45) is 9.98 Å². The number of carbonyl (C=O) groups is 1. The van der Waals surface area contributed by atoms with Crippen LogP contribution in [0, 0.1) is 0 Å². The van der Waals surface area contributed by atoms with E-state index in [1.54, 1.807) is 6.92 Å². The molecule has 0 saturated heterocycles. The van der Waals surface area contributed by atoms with Crippen LogP contribution in [-0.4, -0.2) is 30.6 Å². The van der Waals surface area contributed by atoms with E-state index in [0.29, 0.717) is 0 Å². The van der Waals surface area contributed by atoms with Crippen molar-refractivity contribution in [1.29, 1.82) is 0 Å². The van der Waals surface area contributed by atoms with Crippen molar-refractivity contribution < 1.29 is 9.53 Å². The highest BCUT2D eigenvalue weighted by Crippen LogP contribution is 1.93. The number of allylic oxidation sites excluding steroid dienone is 1. The van der Waals surface area contributed by atoms with E-state index in [4.69, 9.17) is 11.6 Å². The van der Waals surface area contributed by atoms with Gasteiger partial charge in [-0.05, 0) is 13.0 Å². The molecule has 0 aliphatic carbocycles. The first-order chi connectivity index (χ1) is 6.15. The van der Waals surface area contributed by atoms with Crippen LogP contribution in [0.25, 0.3) is 0 Å². The Morgan fingerprint density at radius 3 is 2.69 bits per heavy atom. The molecule has 4 nitrogen and oxygen atoms in total. The van der Waals surface area contributed by atoms with Crippen LogP contribution in [0.15, 0.2) is 22.6 Å². The molecule has 0 aliphatic rings. The standard InChI is InChI=1S/C8H11ClN2O2/c1-4-6(9)11-7(10-3)8(12)13-5-2/h4H,1,5H2,2-3H3. The smallest absolute Gasteiger partial charge is 0.376 e. The largest absolute Gasteiger partial charge is 0.460 e. The molecule has 0 aromatic carbocycles. The van der Waals surface area contributed by atoms with Gasteiger partial charge in [0.25, 0.3) is 0 Å². The summed E-state index contributed by atoms with van der Waals surface area (Å²) in [6, 6.07) is 0. The number of aliphatic imine (C=N–C) groups is 2. The first-order valence-electron chi connectivity index (χ1n) is 3.66. The number of hydrogen-bond acceptors (Lipinski definition) is 3. The van der Waals surface area contributed by atoms with Crippen molar-refractivity contribution in [1.82, 2.24) is 0 Å². The third-order valence-corrected chi connectivity index (χ3v) is 1.29. The van der Waals surface area contributed by atoms with Gasteiger partial charge in [0.05, 0.1) is 6.61 Å². The minimum Gasteiger partial charge on any atom is -0.460 e. The molecule has 0 atom stereocenters. The first kappa shape index (κ1) is 11.8. The summed E-state index contributed by atoms with van der Waals surface area (Å²) in [6.07, 6.45) is 1.31. The molecule has 0 aromatic rings. The normalized spacial score (nSPS) is 12.5. The lowest BCUT2D eigenvalue weighted by atomic mass is 10.5. The fourth-order valence-electron chi connectivity index (χ4n) is 0.529. The van der Waals surface area contributed by atoms with Crippen LogP contribution in [0.1, 0.15) is 6.92 Å². The van der Waals surface area contributed by atoms with E-state index in [1.807, 2.05) is 0 Å². The molecule has 13 heavy (non-hydrogen) atoms. The lowest BCUT2D eigenvalue weighted by molar-refractivity contribution is -0.135. The van der Waals surface area contributed by atoms with Gasteiger partial charge in [-0.15, -0.1) is 0 Å². The maximum atomic E-state index is 11.1. The molecule has 0 aromatic heterocycles. The lowest BCUT2D eigenvalue weighted by Gasteiger charge is -1.99. The zero-order chi connectivity index (χ0) is 10.3. The molecule has 0 spiro atoms. The minimum absolute atomic E-state index is 0.0632. The van der Waals surface area contributed by atoms with Gasteiger partial charge >= 0.3 is 5.97 Å². The Labute approximate surface area is 82.0 Å². The number of nitrogens with zero attached hydrogens (tertiary/aromatic N) is 2. The molecule has 0 rings (SSSR count). The maximum absolute atomic E-state index is 11.1. The van der Waals surface area contributed by atoms with Crippen LogP contribution in [0.2, 0.25) is 0 Å². The average molecular weight is 203 g/mol.